The molecule has 0 aromatic heterocycles. The van der Waals surface area contributed by atoms with Gasteiger partial charge in [0, 0.05) is 6.08 Å². The Morgan fingerprint density at radius 3 is 2.18 bits per heavy atom. The molecule has 8 nitrogen and oxygen atoms in total. The molecular weight excluding hydrogens is 366 g/mol. The van der Waals surface area contributed by atoms with E-state index in [1.54, 1.807) is 25.1 Å². The summed E-state index contributed by atoms with van der Waals surface area (Å²) >= 11 is 0. The second-order valence-corrected chi connectivity index (χ2v) is 5.41. The summed E-state index contributed by atoms with van der Waals surface area (Å²) in [6.45, 7) is 1.83. The van der Waals surface area contributed by atoms with E-state index in [-0.39, 0.29) is 23.5 Å². The molecule has 0 aliphatic rings. The van der Waals surface area contributed by atoms with Crippen LogP contribution in [0.3, 0.4) is 0 Å². The van der Waals surface area contributed by atoms with Gasteiger partial charge in [-0.15, -0.1) is 0 Å². The van der Waals surface area contributed by atoms with Gasteiger partial charge in [-0.1, -0.05) is 30.3 Å². The van der Waals surface area contributed by atoms with Gasteiger partial charge in [0.2, 0.25) is 0 Å². The molecule has 0 saturated heterocycles. The zero-order valence-electron chi connectivity index (χ0n) is 14.9. The first-order valence-corrected chi connectivity index (χ1v) is 8.20. The Hall–Kier alpha value is -3.94. The SMILES string of the molecule is CCOC(=O)/C=C/c1ccccc1N(C(=O)C(=O)O)c1ccccc1C(=O)O. The van der Waals surface area contributed by atoms with E-state index in [1.807, 2.05) is 0 Å². The molecule has 144 valence electrons. The molecule has 0 saturated carbocycles. The lowest BCUT2D eigenvalue weighted by Gasteiger charge is -2.24. The Balaban J connectivity index is 2.65. The second-order valence-electron chi connectivity index (χ2n) is 5.41. The topological polar surface area (TPSA) is 121 Å². The van der Waals surface area contributed by atoms with Gasteiger partial charge in [0.25, 0.3) is 0 Å². The number of aromatic carboxylic acids is 1. The lowest BCUT2D eigenvalue weighted by molar-refractivity contribution is -0.148. The summed E-state index contributed by atoms with van der Waals surface area (Å²) < 4.78 is 4.81. The molecule has 2 rings (SSSR count). The Morgan fingerprint density at radius 1 is 0.964 bits per heavy atom. The lowest BCUT2D eigenvalue weighted by atomic mass is 10.1. The average Bonchev–Trinajstić information content (AvgIpc) is 2.67. The number of hydrogen-bond acceptors (Lipinski definition) is 5. The van der Waals surface area contributed by atoms with Crippen LogP contribution in [0.15, 0.2) is 54.6 Å². The number of aliphatic carboxylic acids is 1. The van der Waals surface area contributed by atoms with Crippen LogP contribution in [0, 0.1) is 0 Å². The highest BCUT2D eigenvalue weighted by atomic mass is 16.5. The summed E-state index contributed by atoms with van der Waals surface area (Å²) in [7, 11) is 0. The van der Waals surface area contributed by atoms with E-state index in [0.29, 0.717) is 5.56 Å². The number of carboxylic acids is 2. The first-order valence-electron chi connectivity index (χ1n) is 8.20. The summed E-state index contributed by atoms with van der Waals surface area (Å²) in [5.41, 5.74) is 0.0650. The van der Waals surface area contributed by atoms with Gasteiger partial charge in [0.15, 0.2) is 0 Å². The molecule has 0 fully saturated rings. The first kappa shape index (κ1) is 20.4. The maximum absolute atomic E-state index is 12.4. The van der Waals surface area contributed by atoms with Crippen molar-refractivity contribution in [3.8, 4) is 0 Å². The summed E-state index contributed by atoms with van der Waals surface area (Å²) in [5.74, 6) is -5.03. The predicted molar refractivity (Wildman–Crippen MR) is 100 cm³/mol. The molecule has 0 unspecified atom stereocenters. The summed E-state index contributed by atoms with van der Waals surface area (Å²) in [5, 5.41) is 18.7. The molecule has 8 heteroatoms. The quantitative estimate of drug-likeness (QED) is 0.447. The van der Waals surface area contributed by atoms with Crippen LogP contribution >= 0.6 is 0 Å². The van der Waals surface area contributed by atoms with Gasteiger partial charge in [-0.3, -0.25) is 9.69 Å². The molecule has 2 aromatic carbocycles. The zero-order valence-corrected chi connectivity index (χ0v) is 14.9. The third-order valence-corrected chi connectivity index (χ3v) is 3.62. The van der Waals surface area contributed by atoms with Gasteiger partial charge in [0.1, 0.15) is 0 Å². The second kappa shape index (κ2) is 9.13. The summed E-state index contributed by atoms with van der Waals surface area (Å²) in [4.78, 5) is 47.8. The Morgan fingerprint density at radius 2 is 1.57 bits per heavy atom. The molecule has 0 bridgehead atoms. The van der Waals surface area contributed by atoms with Crippen molar-refractivity contribution in [2.75, 3.05) is 11.5 Å². The van der Waals surface area contributed by atoms with Crippen molar-refractivity contribution in [2.45, 2.75) is 6.92 Å². The van der Waals surface area contributed by atoms with Crippen LogP contribution in [0.4, 0.5) is 11.4 Å². The minimum absolute atomic E-state index is 0.101. The molecular formula is C20H17NO7. The largest absolute Gasteiger partial charge is 0.478 e. The third-order valence-electron chi connectivity index (χ3n) is 3.62. The highest BCUT2D eigenvalue weighted by Crippen LogP contribution is 2.32. The van der Waals surface area contributed by atoms with Crippen LogP contribution in [-0.4, -0.2) is 40.6 Å². The van der Waals surface area contributed by atoms with Gasteiger partial charge < -0.3 is 14.9 Å². The molecule has 2 aromatic rings. The smallest absolute Gasteiger partial charge is 0.395 e. The van der Waals surface area contributed by atoms with Crippen LogP contribution in [0.5, 0.6) is 0 Å². The predicted octanol–water partition coefficient (Wildman–Crippen LogP) is 2.71. The standard InChI is InChI=1S/C20H17NO7/c1-2-28-17(22)12-11-13-7-3-5-9-15(13)21(18(23)20(26)27)16-10-6-4-8-14(16)19(24)25/h3-12H,2H2,1H3,(H,24,25)(H,26,27)/b12-11+. The fraction of sp³-hybridized carbons (Fsp3) is 0.100. The molecule has 0 atom stereocenters. The number of esters is 1. The number of carboxylic acid groups (broad SMARTS) is 2. The fourth-order valence-electron chi connectivity index (χ4n) is 2.47. The van der Waals surface area contributed by atoms with Crippen molar-refractivity contribution in [1.82, 2.24) is 0 Å². The van der Waals surface area contributed by atoms with Crippen LogP contribution < -0.4 is 4.90 Å². The Kier molecular flexibility index (Phi) is 6.64. The van der Waals surface area contributed by atoms with E-state index in [1.165, 1.54) is 36.4 Å². The summed E-state index contributed by atoms with van der Waals surface area (Å²) in [6, 6.07) is 11.7. The van der Waals surface area contributed by atoms with Crippen LogP contribution in [0.25, 0.3) is 6.08 Å². The maximum atomic E-state index is 12.4. The number of anilines is 2. The van der Waals surface area contributed by atoms with E-state index in [9.17, 15) is 29.4 Å². The number of amides is 1. The first-order chi connectivity index (χ1) is 13.4. The van der Waals surface area contributed by atoms with Gasteiger partial charge >= 0.3 is 23.8 Å². The number of nitrogens with zero attached hydrogens (tertiary/aromatic N) is 1. The molecule has 1 amide bonds. The molecule has 28 heavy (non-hydrogen) atoms. The molecule has 0 spiro atoms. The van der Waals surface area contributed by atoms with E-state index in [4.69, 9.17) is 4.74 Å². The molecule has 0 radical (unpaired) electrons. The minimum atomic E-state index is -1.76. The number of hydrogen-bond donors (Lipinski definition) is 2. The minimum Gasteiger partial charge on any atom is -0.478 e. The van der Waals surface area contributed by atoms with E-state index in [2.05, 4.69) is 0 Å². The van der Waals surface area contributed by atoms with Gasteiger partial charge in [0.05, 0.1) is 23.5 Å². The van der Waals surface area contributed by atoms with E-state index >= 15 is 0 Å². The zero-order chi connectivity index (χ0) is 20.7. The van der Waals surface area contributed by atoms with Crippen molar-refractivity contribution in [3.63, 3.8) is 0 Å². The van der Waals surface area contributed by atoms with Crippen molar-refractivity contribution < 1.29 is 34.1 Å². The van der Waals surface area contributed by atoms with Crippen LogP contribution in [-0.2, 0) is 19.1 Å². The highest BCUT2D eigenvalue weighted by molar-refractivity contribution is 6.39. The third kappa shape index (κ3) is 4.61. The van der Waals surface area contributed by atoms with E-state index < -0.39 is 23.8 Å². The molecule has 0 aliphatic heterocycles. The van der Waals surface area contributed by atoms with Crippen molar-refractivity contribution in [2.24, 2.45) is 0 Å². The number of benzene rings is 2. The fourth-order valence-corrected chi connectivity index (χ4v) is 2.47. The molecule has 2 N–H and O–H groups in total. The summed E-state index contributed by atoms with van der Waals surface area (Å²) in [6.07, 6.45) is 2.49. The number of para-hydroxylation sites is 2. The molecule has 0 heterocycles. The molecule has 0 aliphatic carbocycles. The normalized spacial score (nSPS) is 10.5. The highest BCUT2D eigenvalue weighted by Gasteiger charge is 2.29. The average molecular weight is 383 g/mol. The van der Waals surface area contributed by atoms with Crippen molar-refractivity contribution >= 4 is 41.3 Å². The van der Waals surface area contributed by atoms with Gasteiger partial charge in [-0.2, -0.15) is 0 Å². The number of carbonyl (C=O) groups is 4. The number of ether oxygens (including phenoxy) is 1. The Bertz CT molecular complexity index is 949. The van der Waals surface area contributed by atoms with Crippen LogP contribution in [0.1, 0.15) is 22.8 Å². The lowest BCUT2D eigenvalue weighted by Crippen LogP contribution is -2.34. The van der Waals surface area contributed by atoms with Gasteiger partial charge in [-0.25, -0.2) is 14.4 Å². The van der Waals surface area contributed by atoms with Crippen LogP contribution in [0.2, 0.25) is 0 Å². The monoisotopic (exact) mass is 383 g/mol. The number of rotatable bonds is 6. The van der Waals surface area contributed by atoms with Crippen molar-refractivity contribution in [3.05, 3.63) is 65.7 Å². The van der Waals surface area contributed by atoms with Gasteiger partial charge in [-0.05, 0) is 36.8 Å². The maximum Gasteiger partial charge on any atom is 0.395 e. The Labute approximate surface area is 160 Å². The number of carbonyl (C=O) groups excluding carboxylic acids is 2. The van der Waals surface area contributed by atoms with Crippen molar-refractivity contribution in [1.29, 1.82) is 0 Å². The van der Waals surface area contributed by atoms with E-state index in [0.717, 1.165) is 11.0 Å².